The van der Waals surface area contributed by atoms with E-state index in [4.69, 9.17) is 9.47 Å². The van der Waals surface area contributed by atoms with Gasteiger partial charge in [0.15, 0.2) is 11.5 Å². The zero-order valence-corrected chi connectivity index (χ0v) is 20.9. The number of aryl methyl sites for hydroxylation is 1. The Hall–Kier alpha value is -2.58. The number of ether oxygens (including phenoxy) is 2. The molecular weight excluding hydrogens is 440 g/mol. The minimum absolute atomic E-state index is 0.0404. The molecule has 180 valence electrons. The van der Waals surface area contributed by atoms with Gasteiger partial charge in [0.1, 0.15) is 0 Å². The van der Waals surface area contributed by atoms with Gasteiger partial charge in [0.2, 0.25) is 10.0 Å². The first-order valence-corrected chi connectivity index (χ1v) is 12.8. The fraction of sp³-hybridized carbons (Fsp3) is 0.480. The molecule has 1 unspecified atom stereocenters. The smallest absolute Gasteiger partial charge is 0.254 e. The molecule has 0 radical (unpaired) electrons. The van der Waals surface area contributed by atoms with E-state index in [1.54, 1.807) is 35.6 Å². The van der Waals surface area contributed by atoms with E-state index in [1.165, 1.54) is 6.07 Å². The van der Waals surface area contributed by atoms with E-state index in [1.807, 2.05) is 39.0 Å². The molecule has 1 heterocycles. The van der Waals surface area contributed by atoms with Gasteiger partial charge in [-0.3, -0.25) is 4.79 Å². The van der Waals surface area contributed by atoms with Crippen LogP contribution in [0, 0.1) is 6.92 Å². The highest BCUT2D eigenvalue weighted by atomic mass is 32.2. The second-order valence-corrected chi connectivity index (χ2v) is 10.3. The lowest BCUT2D eigenvalue weighted by Gasteiger charge is -2.32. The van der Waals surface area contributed by atoms with Gasteiger partial charge in [-0.1, -0.05) is 18.6 Å². The molecule has 1 saturated heterocycles. The third kappa shape index (κ3) is 5.33. The minimum atomic E-state index is -3.66. The molecule has 1 amide bonds. The van der Waals surface area contributed by atoms with Crippen molar-refractivity contribution in [1.82, 2.24) is 9.21 Å². The molecule has 1 atom stereocenters. The van der Waals surface area contributed by atoms with E-state index in [0.29, 0.717) is 36.7 Å². The van der Waals surface area contributed by atoms with Crippen molar-refractivity contribution in [2.24, 2.45) is 0 Å². The van der Waals surface area contributed by atoms with Crippen LogP contribution in [0.4, 0.5) is 0 Å². The maximum atomic E-state index is 13.5. The van der Waals surface area contributed by atoms with Gasteiger partial charge in [0, 0.05) is 31.2 Å². The predicted octanol–water partition coefficient (Wildman–Crippen LogP) is 4.24. The first-order chi connectivity index (χ1) is 15.7. The molecule has 2 aromatic rings. The molecule has 8 heteroatoms. The molecule has 33 heavy (non-hydrogen) atoms. The van der Waals surface area contributed by atoms with Crippen molar-refractivity contribution in [1.29, 1.82) is 0 Å². The number of amides is 1. The van der Waals surface area contributed by atoms with Crippen LogP contribution >= 0.6 is 0 Å². The molecule has 1 aliphatic rings. The molecule has 0 aliphatic carbocycles. The van der Waals surface area contributed by atoms with Crippen molar-refractivity contribution in [3.63, 3.8) is 0 Å². The van der Waals surface area contributed by atoms with Gasteiger partial charge in [0.25, 0.3) is 5.91 Å². The number of benzene rings is 2. The Morgan fingerprint density at radius 2 is 1.82 bits per heavy atom. The number of hydrogen-bond acceptors (Lipinski definition) is 5. The monoisotopic (exact) mass is 474 g/mol. The van der Waals surface area contributed by atoms with Crippen LogP contribution in [-0.4, -0.2) is 56.9 Å². The summed E-state index contributed by atoms with van der Waals surface area (Å²) in [5.41, 5.74) is 2.05. The molecule has 1 aliphatic heterocycles. The summed E-state index contributed by atoms with van der Waals surface area (Å²) >= 11 is 0. The Bertz CT molecular complexity index is 1100. The number of rotatable bonds is 8. The van der Waals surface area contributed by atoms with Crippen LogP contribution in [0.5, 0.6) is 11.5 Å². The van der Waals surface area contributed by atoms with Gasteiger partial charge in [-0.15, -0.1) is 0 Å². The van der Waals surface area contributed by atoms with E-state index >= 15 is 0 Å². The first-order valence-electron chi connectivity index (χ1n) is 11.4. The average molecular weight is 475 g/mol. The quantitative estimate of drug-likeness (QED) is 0.572. The van der Waals surface area contributed by atoms with Gasteiger partial charge < -0.3 is 14.4 Å². The van der Waals surface area contributed by atoms with Crippen LogP contribution in [-0.2, 0) is 16.6 Å². The van der Waals surface area contributed by atoms with Crippen molar-refractivity contribution in [2.45, 2.75) is 57.5 Å². The Kier molecular flexibility index (Phi) is 8.02. The minimum Gasteiger partial charge on any atom is -0.493 e. The number of sulfonamides is 1. The zero-order valence-electron chi connectivity index (χ0n) is 20.1. The van der Waals surface area contributed by atoms with Gasteiger partial charge in [-0.2, -0.15) is 4.31 Å². The Balaban J connectivity index is 1.89. The second kappa shape index (κ2) is 10.6. The van der Waals surface area contributed by atoms with Crippen LogP contribution in [0.3, 0.4) is 0 Å². The van der Waals surface area contributed by atoms with Crippen LogP contribution in [0.2, 0.25) is 0 Å². The van der Waals surface area contributed by atoms with E-state index in [-0.39, 0.29) is 16.8 Å². The first kappa shape index (κ1) is 25.1. The third-order valence-corrected chi connectivity index (χ3v) is 8.29. The predicted molar refractivity (Wildman–Crippen MR) is 128 cm³/mol. The summed E-state index contributed by atoms with van der Waals surface area (Å²) in [6.45, 7) is 7.05. The fourth-order valence-corrected chi connectivity index (χ4v) is 5.98. The summed E-state index contributed by atoms with van der Waals surface area (Å²) in [4.78, 5) is 15.3. The fourth-order valence-electron chi connectivity index (χ4n) is 4.25. The Morgan fingerprint density at radius 1 is 1.09 bits per heavy atom. The lowest BCUT2D eigenvalue weighted by molar-refractivity contribution is 0.0751. The summed E-state index contributed by atoms with van der Waals surface area (Å²) in [6, 6.07) is 10.4. The highest BCUT2D eigenvalue weighted by molar-refractivity contribution is 7.89. The summed E-state index contributed by atoms with van der Waals surface area (Å²) in [7, 11) is -0.510. The molecule has 0 bridgehead atoms. The SMILES string of the molecule is CCN(Cc1ccc(OC)c(OC)c1)C(=O)c1cc(S(=O)(=O)N2CCCCC2C)ccc1C. The molecule has 0 saturated carbocycles. The summed E-state index contributed by atoms with van der Waals surface area (Å²) < 4.78 is 38.9. The molecular formula is C25H34N2O5S. The lowest BCUT2D eigenvalue weighted by atomic mass is 10.1. The van der Waals surface area contributed by atoms with Crippen LogP contribution < -0.4 is 9.47 Å². The van der Waals surface area contributed by atoms with Crippen LogP contribution in [0.1, 0.15) is 54.6 Å². The van der Waals surface area contributed by atoms with Crippen molar-refractivity contribution < 1.29 is 22.7 Å². The number of carbonyl (C=O) groups excluding carboxylic acids is 1. The normalized spacial score (nSPS) is 16.9. The van der Waals surface area contributed by atoms with E-state index in [9.17, 15) is 13.2 Å². The molecule has 1 fully saturated rings. The average Bonchev–Trinajstić information content (AvgIpc) is 2.82. The number of carbonyl (C=O) groups is 1. The van der Waals surface area contributed by atoms with Crippen molar-refractivity contribution >= 4 is 15.9 Å². The van der Waals surface area contributed by atoms with Gasteiger partial charge in [0.05, 0.1) is 19.1 Å². The molecule has 0 aromatic heterocycles. The zero-order chi connectivity index (χ0) is 24.2. The number of methoxy groups -OCH3 is 2. The Labute approximate surface area is 197 Å². The molecule has 7 nitrogen and oxygen atoms in total. The van der Waals surface area contributed by atoms with E-state index in [0.717, 1.165) is 30.4 Å². The van der Waals surface area contributed by atoms with Crippen molar-refractivity contribution in [2.75, 3.05) is 27.3 Å². The number of hydrogen-bond donors (Lipinski definition) is 0. The van der Waals surface area contributed by atoms with E-state index in [2.05, 4.69) is 0 Å². The molecule has 0 N–H and O–H groups in total. The standard InChI is InChI=1S/C25H34N2O5S/c1-6-26(17-20-11-13-23(31-4)24(15-20)32-5)25(28)22-16-21(12-10-18(22)2)33(29,30)27-14-8-7-9-19(27)3/h10-13,15-16,19H,6-9,14,17H2,1-5H3. The maximum absolute atomic E-state index is 13.5. The summed E-state index contributed by atoms with van der Waals surface area (Å²) in [5.74, 6) is 1.02. The highest BCUT2D eigenvalue weighted by Crippen LogP contribution is 2.29. The van der Waals surface area contributed by atoms with Gasteiger partial charge in [-0.25, -0.2) is 8.42 Å². The molecule has 2 aromatic carbocycles. The van der Waals surface area contributed by atoms with Crippen molar-refractivity contribution in [3.8, 4) is 11.5 Å². The summed E-state index contributed by atoms with van der Waals surface area (Å²) in [5, 5.41) is 0. The van der Waals surface area contributed by atoms with Crippen LogP contribution in [0.25, 0.3) is 0 Å². The lowest BCUT2D eigenvalue weighted by Crippen LogP contribution is -2.42. The second-order valence-electron chi connectivity index (χ2n) is 8.45. The van der Waals surface area contributed by atoms with Gasteiger partial charge >= 0.3 is 0 Å². The largest absolute Gasteiger partial charge is 0.493 e. The third-order valence-electron chi connectivity index (χ3n) is 6.28. The number of piperidine rings is 1. The highest BCUT2D eigenvalue weighted by Gasteiger charge is 2.32. The van der Waals surface area contributed by atoms with E-state index < -0.39 is 10.0 Å². The number of nitrogens with zero attached hydrogens (tertiary/aromatic N) is 2. The Morgan fingerprint density at radius 3 is 2.45 bits per heavy atom. The van der Waals surface area contributed by atoms with Gasteiger partial charge in [-0.05, 0) is 69.0 Å². The topological polar surface area (TPSA) is 76.1 Å². The molecule has 0 spiro atoms. The van der Waals surface area contributed by atoms with Crippen molar-refractivity contribution in [3.05, 3.63) is 53.1 Å². The summed E-state index contributed by atoms with van der Waals surface area (Å²) in [6.07, 6.45) is 2.74. The van der Waals surface area contributed by atoms with Crippen LogP contribution in [0.15, 0.2) is 41.3 Å². The molecule has 3 rings (SSSR count). The maximum Gasteiger partial charge on any atom is 0.254 e.